The lowest BCUT2D eigenvalue weighted by atomic mass is 10.1. The molecule has 1 aromatic rings. The molecule has 1 aromatic carbocycles. The van der Waals surface area contributed by atoms with Crippen molar-refractivity contribution in [2.45, 2.75) is 12.8 Å². The van der Waals surface area contributed by atoms with Crippen LogP contribution in [0.4, 0.5) is 5.69 Å². The lowest BCUT2D eigenvalue weighted by molar-refractivity contribution is -0.116. The van der Waals surface area contributed by atoms with Crippen LogP contribution in [0, 0.1) is 0 Å². The number of fused-ring (bicyclic) bond motifs is 1. The van der Waals surface area contributed by atoms with E-state index in [9.17, 15) is 9.59 Å². The second kappa shape index (κ2) is 6.19. The highest BCUT2D eigenvalue weighted by Gasteiger charge is 2.15. The topological polar surface area (TPSA) is 87.7 Å². The number of ether oxygens (including phenoxy) is 1. The van der Waals surface area contributed by atoms with E-state index < -0.39 is 0 Å². The molecule has 0 aliphatic carbocycles. The number of amides is 2. The van der Waals surface area contributed by atoms with Crippen LogP contribution in [0.15, 0.2) is 18.2 Å². The highest BCUT2D eigenvalue weighted by atomic mass is 16.5. The first-order valence-corrected chi connectivity index (χ1v) is 6.16. The van der Waals surface area contributed by atoms with E-state index in [4.69, 9.17) is 9.84 Å². The van der Waals surface area contributed by atoms with Gasteiger partial charge in [-0.3, -0.25) is 9.59 Å². The molecule has 6 heteroatoms. The monoisotopic (exact) mass is 264 g/mol. The van der Waals surface area contributed by atoms with Gasteiger partial charge in [0.2, 0.25) is 5.91 Å². The fourth-order valence-corrected chi connectivity index (χ4v) is 1.74. The molecule has 6 nitrogen and oxygen atoms in total. The first-order chi connectivity index (χ1) is 9.20. The van der Waals surface area contributed by atoms with Gasteiger partial charge in [0.15, 0.2) is 0 Å². The van der Waals surface area contributed by atoms with Crippen LogP contribution in [0.5, 0.6) is 5.75 Å². The van der Waals surface area contributed by atoms with Crippen molar-refractivity contribution < 1.29 is 19.4 Å². The fourth-order valence-electron chi connectivity index (χ4n) is 1.74. The Morgan fingerprint density at radius 1 is 1.47 bits per heavy atom. The lowest BCUT2D eigenvalue weighted by Gasteiger charge is -2.09. The summed E-state index contributed by atoms with van der Waals surface area (Å²) in [7, 11) is 0. The first kappa shape index (κ1) is 13.4. The third kappa shape index (κ3) is 3.45. The lowest BCUT2D eigenvalue weighted by Crippen LogP contribution is -2.25. The van der Waals surface area contributed by atoms with Gasteiger partial charge in [-0.05, 0) is 24.6 Å². The van der Waals surface area contributed by atoms with E-state index in [0.29, 0.717) is 43.0 Å². The van der Waals surface area contributed by atoms with E-state index in [2.05, 4.69) is 10.6 Å². The quantitative estimate of drug-likeness (QED) is 0.692. The average molecular weight is 264 g/mol. The minimum atomic E-state index is -0.241. The number of benzene rings is 1. The summed E-state index contributed by atoms with van der Waals surface area (Å²) in [6.45, 7) is 0.782. The number of hydrogen-bond donors (Lipinski definition) is 3. The molecule has 2 rings (SSSR count). The molecule has 0 unspecified atom stereocenters. The summed E-state index contributed by atoms with van der Waals surface area (Å²) < 4.78 is 5.40. The van der Waals surface area contributed by atoms with Gasteiger partial charge >= 0.3 is 0 Å². The molecule has 0 spiro atoms. The summed E-state index contributed by atoms with van der Waals surface area (Å²) in [5, 5.41) is 14.0. The number of carbonyl (C=O) groups is 2. The minimum Gasteiger partial charge on any atom is -0.491 e. The summed E-state index contributed by atoms with van der Waals surface area (Å²) >= 11 is 0. The van der Waals surface area contributed by atoms with E-state index in [1.807, 2.05) is 0 Å². The van der Waals surface area contributed by atoms with Crippen LogP contribution < -0.4 is 15.4 Å². The summed E-state index contributed by atoms with van der Waals surface area (Å²) in [5.74, 6) is 0.198. The number of aliphatic hydroxyl groups excluding tert-OH is 1. The van der Waals surface area contributed by atoms with E-state index in [0.717, 1.165) is 0 Å². The molecule has 0 saturated heterocycles. The Balaban J connectivity index is 2.11. The number of aliphatic hydroxyl groups is 1. The van der Waals surface area contributed by atoms with Crippen LogP contribution in [0.2, 0.25) is 0 Å². The highest BCUT2D eigenvalue weighted by molar-refractivity contribution is 5.98. The maximum Gasteiger partial charge on any atom is 0.251 e. The van der Waals surface area contributed by atoms with Gasteiger partial charge in [-0.15, -0.1) is 0 Å². The SMILES string of the molecule is O=C1CCOc2ccc(C(=O)NCCCO)cc2N1. The van der Waals surface area contributed by atoms with Gasteiger partial charge in [-0.1, -0.05) is 0 Å². The van der Waals surface area contributed by atoms with Crippen LogP contribution >= 0.6 is 0 Å². The molecule has 1 aliphatic rings. The van der Waals surface area contributed by atoms with Gasteiger partial charge < -0.3 is 20.5 Å². The van der Waals surface area contributed by atoms with E-state index in [1.165, 1.54) is 0 Å². The zero-order chi connectivity index (χ0) is 13.7. The molecule has 0 radical (unpaired) electrons. The normalized spacial score (nSPS) is 13.8. The Kier molecular flexibility index (Phi) is 4.35. The molecule has 0 atom stereocenters. The zero-order valence-corrected chi connectivity index (χ0v) is 10.4. The van der Waals surface area contributed by atoms with Crippen molar-refractivity contribution in [3.63, 3.8) is 0 Å². The number of carbonyl (C=O) groups excluding carboxylic acids is 2. The predicted molar refractivity (Wildman–Crippen MR) is 69.2 cm³/mol. The van der Waals surface area contributed by atoms with Gasteiger partial charge in [0.05, 0.1) is 18.7 Å². The molecule has 1 heterocycles. The summed E-state index contributed by atoms with van der Waals surface area (Å²) in [4.78, 5) is 23.2. The maximum absolute atomic E-state index is 11.8. The molecular formula is C13H16N2O4. The first-order valence-electron chi connectivity index (χ1n) is 6.16. The minimum absolute atomic E-state index is 0.0361. The summed E-state index contributed by atoms with van der Waals surface area (Å²) in [6, 6.07) is 4.90. The fraction of sp³-hybridized carbons (Fsp3) is 0.385. The molecule has 0 aromatic heterocycles. The Morgan fingerprint density at radius 3 is 3.11 bits per heavy atom. The highest BCUT2D eigenvalue weighted by Crippen LogP contribution is 2.27. The van der Waals surface area contributed by atoms with Crippen molar-refractivity contribution in [2.24, 2.45) is 0 Å². The average Bonchev–Trinajstić information content (AvgIpc) is 2.58. The van der Waals surface area contributed by atoms with Gasteiger partial charge in [-0.2, -0.15) is 0 Å². The largest absolute Gasteiger partial charge is 0.491 e. The van der Waals surface area contributed by atoms with Crippen LogP contribution in [0.25, 0.3) is 0 Å². The van der Waals surface area contributed by atoms with Crippen LogP contribution in [-0.4, -0.2) is 36.7 Å². The van der Waals surface area contributed by atoms with E-state index in [-0.39, 0.29) is 18.4 Å². The van der Waals surface area contributed by atoms with Gasteiger partial charge in [0.25, 0.3) is 5.91 Å². The van der Waals surface area contributed by atoms with Crippen molar-refractivity contribution in [2.75, 3.05) is 25.1 Å². The Bertz CT molecular complexity index is 488. The number of nitrogens with one attached hydrogen (secondary N) is 2. The Hall–Kier alpha value is -2.08. The smallest absolute Gasteiger partial charge is 0.251 e. The number of hydrogen-bond acceptors (Lipinski definition) is 4. The van der Waals surface area contributed by atoms with E-state index >= 15 is 0 Å². The third-order valence-electron chi connectivity index (χ3n) is 2.72. The molecule has 0 fully saturated rings. The van der Waals surface area contributed by atoms with Gasteiger partial charge in [-0.25, -0.2) is 0 Å². The third-order valence-corrected chi connectivity index (χ3v) is 2.72. The summed E-state index contributed by atoms with van der Waals surface area (Å²) in [6.07, 6.45) is 0.809. The van der Waals surface area contributed by atoms with Crippen molar-refractivity contribution in [1.82, 2.24) is 5.32 Å². The summed E-state index contributed by atoms with van der Waals surface area (Å²) in [5.41, 5.74) is 0.958. The number of rotatable bonds is 4. The van der Waals surface area contributed by atoms with E-state index in [1.54, 1.807) is 18.2 Å². The Labute approximate surface area is 110 Å². The van der Waals surface area contributed by atoms with Crippen molar-refractivity contribution in [3.8, 4) is 5.75 Å². The predicted octanol–water partition coefficient (Wildman–Crippen LogP) is 0.520. The number of anilines is 1. The molecule has 3 N–H and O–H groups in total. The second-order valence-electron chi connectivity index (χ2n) is 4.19. The molecule has 0 saturated carbocycles. The van der Waals surface area contributed by atoms with Crippen LogP contribution in [0.3, 0.4) is 0 Å². The van der Waals surface area contributed by atoms with Gasteiger partial charge in [0.1, 0.15) is 5.75 Å². The van der Waals surface area contributed by atoms with Crippen molar-refractivity contribution in [3.05, 3.63) is 23.8 Å². The Morgan fingerprint density at radius 2 is 2.32 bits per heavy atom. The molecular weight excluding hydrogens is 248 g/mol. The standard InChI is InChI=1S/C13H16N2O4/c16-6-1-5-14-13(18)9-2-3-11-10(8-9)15-12(17)4-7-19-11/h2-3,8,16H,1,4-7H2,(H,14,18)(H,15,17). The zero-order valence-electron chi connectivity index (χ0n) is 10.4. The molecule has 0 bridgehead atoms. The van der Waals surface area contributed by atoms with Crippen molar-refractivity contribution in [1.29, 1.82) is 0 Å². The van der Waals surface area contributed by atoms with Crippen LogP contribution in [-0.2, 0) is 4.79 Å². The maximum atomic E-state index is 11.8. The molecule has 19 heavy (non-hydrogen) atoms. The van der Waals surface area contributed by atoms with Gasteiger partial charge in [0, 0.05) is 18.7 Å². The molecule has 2 amide bonds. The second-order valence-corrected chi connectivity index (χ2v) is 4.19. The van der Waals surface area contributed by atoms with Crippen molar-refractivity contribution >= 4 is 17.5 Å². The van der Waals surface area contributed by atoms with Crippen LogP contribution in [0.1, 0.15) is 23.2 Å². The molecule has 102 valence electrons. The molecule has 1 aliphatic heterocycles.